The number of aliphatic hydroxyl groups is 1. The molecular weight excluding hydrogens is 332 g/mol. The van der Waals surface area contributed by atoms with Crippen molar-refractivity contribution in [2.75, 3.05) is 11.9 Å². The first-order valence-corrected chi connectivity index (χ1v) is 8.56. The van der Waals surface area contributed by atoms with Crippen LogP contribution in [0.15, 0.2) is 54.6 Å². The maximum Gasteiger partial charge on any atom is 0.410 e. The Morgan fingerprint density at radius 3 is 2.54 bits per heavy atom. The van der Waals surface area contributed by atoms with Crippen molar-refractivity contribution in [1.82, 2.24) is 4.90 Å². The van der Waals surface area contributed by atoms with Crippen molar-refractivity contribution in [2.24, 2.45) is 0 Å². The molecule has 0 spiro atoms. The molecule has 2 aromatic carbocycles. The quantitative estimate of drug-likeness (QED) is 0.885. The Hall–Kier alpha value is -2.86. The number of benzene rings is 2. The summed E-state index contributed by atoms with van der Waals surface area (Å²) in [7, 11) is 0. The zero-order chi connectivity index (χ0) is 18.5. The highest BCUT2D eigenvalue weighted by molar-refractivity contribution is 5.97. The molecule has 0 radical (unpaired) electrons. The van der Waals surface area contributed by atoms with Crippen LogP contribution in [0.25, 0.3) is 0 Å². The minimum Gasteiger partial charge on any atom is -0.445 e. The lowest BCUT2D eigenvalue weighted by Crippen LogP contribution is -2.43. The van der Waals surface area contributed by atoms with Crippen molar-refractivity contribution in [3.63, 3.8) is 0 Å². The maximum absolute atomic E-state index is 12.6. The second-order valence-corrected chi connectivity index (χ2v) is 6.45. The Kier molecular flexibility index (Phi) is 5.53. The monoisotopic (exact) mass is 354 g/mol. The van der Waals surface area contributed by atoms with Crippen LogP contribution in [0.2, 0.25) is 0 Å². The Morgan fingerprint density at radius 2 is 1.85 bits per heavy atom. The second kappa shape index (κ2) is 8.01. The van der Waals surface area contributed by atoms with Crippen LogP contribution in [0.3, 0.4) is 0 Å². The Balaban J connectivity index is 1.62. The van der Waals surface area contributed by atoms with E-state index in [2.05, 4.69) is 5.32 Å². The third-order valence-electron chi connectivity index (χ3n) is 4.34. The average molecular weight is 354 g/mol. The van der Waals surface area contributed by atoms with Gasteiger partial charge in [-0.1, -0.05) is 48.0 Å². The van der Waals surface area contributed by atoms with Crippen LogP contribution < -0.4 is 5.32 Å². The number of rotatable bonds is 4. The van der Waals surface area contributed by atoms with Gasteiger partial charge >= 0.3 is 6.09 Å². The van der Waals surface area contributed by atoms with E-state index in [1.54, 1.807) is 12.1 Å². The molecule has 26 heavy (non-hydrogen) atoms. The molecule has 2 aromatic rings. The third kappa shape index (κ3) is 4.40. The van der Waals surface area contributed by atoms with Gasteiger partial charge in [0, 0.05) is 12.1 Å². The number of aryl methyl sites for hydroxylation is 1. The standard InChI is InChI=1S/C20H22N2O4/c1-14-7-9-16(10-8-14)21-19(24)18-11-17(23)12-22(18)20(25)26-13-15-5-3-2-4-6-15/h2-10,17-18,23H,11-13H2,1H3,(H,21,24). The molecule has 136 valence electrons. The number of nitrogens with zero attached hydrogens (tertiary/aromatic N) is 1. The van der Waals surface area contributed by atoms with E-state index in [9.17, 15) is 14.7 Å². The first-order valence-electron chi connectivity index (χ1n) is 8.56. The summed E-state index contributed by atoms with van der Waals surface area (Å²) in [5.74, 6) is -0.331. The molecule has 1 aliphatic rings. The predicted molar refractivity (Wildman–Crippen MR) is 97.6 cm³/mol. The first kappa shape index (κ1) is 17.9. The number of aliphatic hydroxyl groups excluding tert-OH is 1. The lowest BCUT2D eigenvalue weighted by molar-refractivity contribution is -0.120. The molecule has 0 aliphatic carbocycles. The minimum absolute atomic E-state index is 0.0829. The molecule has 0 aromatic heterocycles. The van der Waals surface area contributed by atoms with Crippen LogP contribution in [-0.4, -0.2) is 40.7 Å². The van der Waals surface area contributed by atoms with Gasteiger partial charge in [-0.15, -0.1) is 0 Å². The zero-order valence-corrected chi connectivity index (χ0v) is 14.6. The maximum atomic E-state index is 12.6. The Morgan fingerprint density at radius 1 is 1.15 bits per heavy atom. The van der Waals surface area contributed by atoms with Crippen LogP contribution in [0.1, 0.15) is 17.5 Å². The number of hydrogen-bond acceptors (Lipinski definition) is 4. The topological polar surface area (TPSA) is 78.9 Å². The molecule has 1 fully saturated rings. The van der Waals surface area contributed by atoms with Crippen LogP contribution in [-0.2, 0) is 16.1 Å². The first-order chi connectivity index (χ1) is 12.5. The van der Waals surface area contributed by atoms with Crippen molar-refractivity contribution >= 4 is 17.7 Å². The lowest BCUT2D eigenvalue weighted by Gasteiger charge is -2.23. The molecule has 2 unspecified atom stereocenters. The summed E-state index contributed by atoms with van der Waals surface area (Å²) in [6.07, 6.45) is -1.15. The molecule has 2 N–H and O–H groups in total. The molecule has 2 amide bonds. The molecular formula is C20H22N2O4. The molecule has 2 atom stereocenters. The van der Waals surface area contributed by atoms with E-state index in [0.717, 1.165) is 11.1 Å². The van der Waals surface area contributed by atoms with Gasteiger partial charge in [-0.05, 0) is 24.6 Å². The Bertz CT molecular complexity index is 761. The number of likely N-dealkylation sites (tertiary alicyclic amines) is 1. The molecule has 1 aliphatic heterocycles. The fourth-order valence-electron chi connectivity index (χ4n) is 2.93. The van der Waals surface area contributed by atoms with E-state index < -0.39 is 18.2 Å². The highest BCUT2D eigenvalue weighted by Gasteiger charge is 2.39. The number of nitrogens with one attached hydrogen (secondary N) is 1. The fraction of sp³-hybridized carbons (Fsp3) is 0.300. The molecule has 0 saturated carbocycles. The SMILES string of the molecule is Cc1ccc(NC(=O)C2CC(O)CN2C(=O)OCc2ccccc2)cc1. The van der Waals surface area contributed by atoms with E-state index in [4.69, 9.17) is 4.74 Å². The van der Waals surface area contributed by atoms with Crippen molar-refractivity contribution in [2.45, 2.75) is 32.1 Å². The summed E-state index contributed by atoms with van der Waals surface area (Å²) in [5.41, 5.74) is 2.60. The van der Waals surface area contributed by atoms with E-state index in [0.29, 0.717) is 5.69 Å². The highest BCUT2D eigenvalue weighted by atomic mass is 16.6. The number of carbonyl (C=O) groups is 2. The predicted octanol–water partition coefficient (Wildman–Crippen LogP) is 2.71. The van der Waals surface area contributed by atoms with Gasteiger partial charge in [-0.2, -0.15) is 0 Å². The third-order valence-corrected chi connectivity index (χ3v) is 4.34. The van der Waals surface area contributed by atoms with Crippen LogP contribution >= 0.6 is 0 Å². The summed E-state index contributed by atoms with van der Waals surface area (Å²) in [6.45, 7) is 2.17. The van der Waals surface area contributed by atoms with Gasteiger partial charge in [-0.25, -0.2) is 4.79 Å². The summed E-state index contributed by atoms with van der Waals surface area (Å²) in [5, 5.41) is 12.7. The Labute approximate surface area is 152 Å². The number of carbonyl (C=O) groups excluding carboxylic acids is 2. The van der Waals surface area contributed by atoms with Gasteiger partial charge in [0.15, 0.2) is 0 Å². The van der Waals surface area contributed by atoms with Gasteiger partial charge in [0.2, 0.25) is 5.91 Å². The average Bonchev–Trinajstić information content (AvgIpc) is 3.04. The number of ether oxygens (including phenoxy) is 1. The van der Waals surface area contributed by atoms with Crippen molar-refractivity contribution in [3.8, 4) is 0 Å². The largest absolute Gasteiger partial charge is 0.445 e. The summed E-state index contributed by atoms with van der Waals surface area (Å²) in [4.78, 5) is 26.2. The van der Waals surface area contributed by atoms with Crippen molar-refractivity contribution in [1.29, 1.82) is 0 Å². The second-order valence-electron chi connectivity index (χ2n) is 6.45. The smallest absolute Gasteiger partial charge is 0.410 e. The fourth-order valence-corrected chi connectivity index (χ4v) is 2.93. The minimum atomic E-state index is -0.755. The van der Waals surface area contributed by atoms with Gasteiger partial charge in [-0.3, -0.25) is 9.69 Å². The van der Waals surface area contributed by atoms with Crippen molar-refractivity contribution < 1.29 is 19.4 Å². The normalized spacial score (nSPS) is 19.2. The number of amides is 2. The van der Waals surface area contributed by atoms with Gasteiger partial charge in [0.25, 0.3) is 0 Å². The summed E-state index contributed by atoms with van der Waals surface area (Å²) < 4.78 is 5.30. The van der Waals surface area contributed by atoms with Gasteiger partial charge in [0.1, 0.15) is 12.6 Å². The molecule has 0 bridgehead atoms. The van der Waals surface area contributed by atoms with E-state index in [1.807, 2.05) is 49.4 Å². The van der Waals surface area contributed by atoms with Gasteiger partial charge in [0.05, 0.1) is 12.6 Å². The molecule has 3 rings (SSSR count). The van der Waals surface area contributed by atoms with E-state index >= 15 is 0 Å². The molecule has 6 nitrogen and oxygen atoms in total. The number of hydrogen-bond donors (Lipinski definition) is 2. The van der Waals surface area contributed by atoms with Crippen molar-refractivity contribution in [3.05, 3.63) is 65.7 Å². The molecule has 6 heteroatoms. The van der Waals surface area contributed by atoms with E-state index in [1.165, 1.54) is 4.90 Å². The summed E-state index contributed by atoms with van der Waals surface area (Å²) >= 11 is 0. The van der Waals surface area contributed by atoms with Crippen LogP contribution in [0.4, 0.5) is 10.5 Å². The van der Waals surface area contributed by atoms with Crippen LogP contribution in [0.5, 0.6) is 0 Å². The number of anilines is 1. The van der Waals surface area contributed by atoms with Gasteiger partial charge < -0.3 is 15.2 Å². The molecule has 1 saturated heterocycles. The summed E-state index contributed by atoms with van der Waals surface area (Å²) in [6, 6.07) is 16.0. The zero-order valence-electron chi connectivity index (χ0n) is 14.6. The number of β-amino-alcohol motifs (C(OH)–C–C–N with tert-alkyl or cyclic N) is 1. The highest BCUT2D eigenvalue weighted by Crippen LogP contribution is 2.21. The molecule has 1 heterocycles. The van der Waals surface area contributed by atoms with Crippen LogP contribution in [0, 0.1) is 6.92 Å². The lowest BCUT2D eigenvalue weighted by atomic mass is 10.1. The van der Waals surface area contributed by atoms with E-state index in [-0.39, 0.29) is 25.5 Å².